The van der Waals surface area contributed by atoms with Gasteiger partial charge in [0.1, 0.15) is 31.5 Å². The number of halogens is 6. The van der Waals surface area contributed by atoms with Crippen molar-refractivity contribution in [2.24, 2.45) is 0 Å². The number of fused-ring (bicyclic) bond motifs is 6. The maximum absolute atomic E-state index is 16.2. The Morgan fingerprint density at radius 1 is 0.661 bits per heavy atom. The third kappa shape index (κ3) is 8.33. The molecular weight excluding hydrogens is 929 g/mol. The van der Waals surface area contributed by atoms with Gasteiger partial charge >= 0.3 is 20.2 Å². The van der Waals surface area contributed by atoms with Gasteiger partial charge in [-0.05, 0) is 130 Å². The van der Waals surface area contributed by atoms with E-state index in [4.69, 9.17) is 46.4 Å². The van der Waals surface area contributed by atoms with Crippen LogP contribution in [0.25, 0.3) is 44.2 Å². The number of benzene rings is 2. The van der Waals surface area contributed by atoms with Gasteiger partial charge in [0.2, 0.25) is 0 Å². The van der Waals surface area contributed by atoms with E-state index < -0.39 is 31.9 Å². The summed E-state index contributed by atoms with van der Waals surface area (Å²) in [7, 11) is -9.01. The first-order valence-corrected chi connectivity index (χ1v) is 24.1. The molecule has 2 aliphatic carbocycles. The fourth-order valence-corrected chi connectivity index (χ4v) is 12.3. The number of hydrogen-bond donors (Lipinski definition) is 2. The zero-order chi connectivity index (χ0) is 42.0. The zero-order valence-corrected chi connectivity index (χ0v) is 36.6. The largest absolute Gasteiger partial charge is 0.304 e. The lowest BCUT2D eigenvalue weighted by molar-refractivity contribution is 0.483. The summed E-state index contributed by atoms with van der Waals surface area (Å²) in [5, 5.41) is 10.5. The fourth-order valence-electron chi connectivity index (χ4n) is 7.39. The summed E-state index contributed by atoms with van der Waals surface area (Å²) in [5.41, 5.74) is 4.29. The Balaban J connectivity index is 1.10. The van der Waals surface area contributed by atoms with E-state index in [0.717, 1.165) is 22.7 Å². The van der Waals surface area contributed by atoms with Crippen molar-refractivity contribution in [2.75, 3.05) is 0 Å². The molecule has 0 fully saturated rings. The molecule has 308 valence electrons. The van der Waals surface area contributed by atoms with E-state index in [-0.39, 0.29) is 42.7 Å². The second kappa shape index (κ2) is 16.5. The summed E-state index contributed by atoms with van der Waals surface area (Å²) in [4.78, 5) is 1.05. The molecule has 10 nitrogen and oxygen atoms in total. The normalized spacial score (nSPS) is 14.7. The Kier molecular flexibility index (Phi) is 11.8. The van der Waals surface area contributed by atoms with Gasteiger partial charge in [-0.1, -0.05) is 46.4 Å². The summed E-state index contributed by atoms with van der Waals surface area (Å²) in [6.07, 6.45) is 6.46. The summed E-state index contributed by atoms with van der Waals surface area (Å²) in [5.74, 6) is -1.24. The Labute approximate surface area is 365 Å². The summed E-state index contributed by atoms with van der Waals surface area (Å²) < 4.78 is 103. The van der Waals surface area contributed by atoms with Crippen molar-refractivity contribution in [1.82, 2.24) is 19.6 Å². The summed E-state index contributed by atoms with van der Waals surface area (Å²) >= 11 is 27.3. The van der Waals surface area contributed by atoms with Crippen molar-refractivity contribution < 1.29 is 34.7 Å². The Morgan fingerprint density at radius 3 is 1.44 bits per heavy atom. The van der Waals surface area contributed by atoms with Gasteiger partial charge in [-0.15, -0.1) is 22.7 Å². The minimum absolute atomic E-state index is 0.0570. The van der Waals surface area contributed by atoms with Crippen LogP contribution >= 0.6 is 69.1 Å². The standard InChI is InChI=1S/C39H30Cl4F2N4O6S4/c40-22-12-14-30(26(42)18-22)48-36-24(8-4-6-20-16-32(56-38(20)36)58(50,51)52)34(46-48)28(44)10-2-1-3-11-29(45)35-25-9-5-7-21-17-33(59(53,54)55)57-39(21)37(25)49(47-35)31-15-13-23(41)19-27(31)43/h10-19H,1-9H2,(H,50,51,52)(H,53,54,55)/b28-10-,29-11-. The van der Waals surface area contributed by atoms with E-state index in [9.17, 15) is 25.9 Å². The molecule has 0 spiro atoms. The smallest absolute Gasteiger partial charge is 0.281 e. The average Bonchev–Trinajstić information content (AvgIpc) is 3.91. The molecule has 4 aromatic heterocycles. The van der Waals surface area contributed by atoms with Crippen LogP contribution in [0.4, 0.5) is 8.78 Å². The number of aryl methyl sites for hydroxylation is 2. The second-order valence-corrected chi connectivity index (χ2v) is 21.0. The van der Waals surface area contributed by atoms with Crippen LogP contribution in [0, 0.1) is 0 Å². The molecular formula is C39H30Cl4F2N4O6S4. The fraction of sp³-hybridized carbons (Fsp3) is 0.231. The van der Waals surface area contributed by atoms with Crippen LogP contribution in [0.3, 0.4) is 0 Å². The van der Waals surface area contributed by atoms with Gasteiger partial charge in [0, 0.05) is 21.2 Å². The summed E-state index contributed by atoms with van der Waals surface area (Å²) in [6, 6.07) is 12.4. The topological polar surface area (TPSA) is 144 Å². The van der Waals surface area contributed by atoms with Crippen LogP contribution in [0.15, 0.2) is 69.1 Å². The molecule has 0 radical (unpaired) electrons. The molecule has 2 aliphatic rings. The number of hydrogen-bond acceptors (Lipinski definition) is 8. The van der Waals surface area contributed by atoms with Crippen LogP contribution in [0.2, 0.25) is 20.1 Å². The molecule has 0 saturated carbocycles. The van der Waals surface area contributed by atoms with Gasteiger partial charge in [-0.3, -0.25) is 9.11 Å². The Morgan fingerprint density at radius 2 is 1.07 bits per heavy atom. The molecule has 0 aliphatic heterocycles. The quantitative estimate of drug-likeness (QED) is 0.102. The predicted octanol–water partition coefficient (Wildman–Crippen LogP) is 12.1. The Hall–Kier alpha value is -3.42. The van der Waals surface area contributed by atoms with E-state index in [1.165, 1.54) is 45.8 Å². The van der Waals surface area contributed by atoms with Crippen molar-refractivity contribution in [1.29, 1.82) is 0 Å². The lowest BCUT2D eigenvalue weighted by Gasteiger charge is -2.10. The van der Waals surface area contributed by atoms with Crippen molar-refractivity contribution >= 4 is 101 Å². The van der Waals surface area contributed by atoms with Gasteiger partial charge in [0.25, 0.3) is 0 Å². The first-order chi connectivity index (χ1) is 28.0. The van der Waals surface area contributed by atoms with Gasteiger partial charge in [-0.2, -0.15) is 27.0 Å². The zero-order valence-electron chi connectivity index (χ0n) is 30.4. The number of thiophene rings is 2. The monoisotopic (exact) mass is 956 g/mol. The molecule has 6 aromatic rings. The number of unbranched alkanes of at least 4 members (excludes halogenated alkanes) is 2. The van der Waals surface area contributed by atoms with Crippen LogP contribution in [-0.2, 0) is 45.9 Å². The van der Waals surface area contributed by atoms with Gasteiger partial charge in [0.15, 0.2) is 0 Å². The molecule has 2 aromatic carbocycles. The second-order valence-electron chi connectivity index (χ2n) is 13.9. The molecule has 0 bridgehead atoms. The van der Waals surface area contributed by atoms with E-state index in [1.54, 1.807) is 24.3 Å². The molecule has 0 atom stereocenters. The van der Waals surface area contributed by atoms with Crippen LogP contribution in [0.1, 0.15) is 65.7 Å². The molecule has 0 unspecified atom stereocenters. The SMILES string of the molecule is O=S(=O)(O)c1cc2c(s1)-c1c(c(/C(F)=C/CCC/C=C(\F)c3nn(-c4ccc(Cl)cc4Cl)c4c3CCCc3cc(S(=O)(=O)O)sc3-4)nn1-c1ccc(Cl)cc1Cl)CCC2. The molecule has 2 N–H and O–H groups in total. The first kappa shape index (κ1) is 42.3. The number of allylic oxidation sites excluding steroid dienone is 2. The molecule has 59 heavy (non-hydrogen) atoms. The number of rotatable bonds is 10. The van der Waals surface area contributed by atoms with Gasteiger partial charge in [-0.25, -0.2) is 18.1 Å². The predicted molar refractivity (Wildman–Crippen MR) is 229 cm³/mol. The highest BCUT2D eigenvalue weighted by Gasteiger charge is 2.32. The molecule has 0 amide bonds. The van der Waals surface area contributed by atoms with Gasteiger partial charge < -0.3 is 0 Å². The van der Waals surface area contributed by atoms with E-state index >= 15 is 8.78 Å². The van der Waals surface area contributed by atoms with E-state index in [2.05, 4.69) is 10.2 Å². The lowest BCUT2D eigenvalue weighted by atomic mass is 10.1. The molecule has 0 saturated heterocycles. The lowest BCUT2D eigenvalue weighted by Crippen LogP contribution is -2.00. The molecule has 4 heterocycles. The van der Waals surface area contributed by atoms with Crippen LogP contribution in [-0.4, -0.2) is 45.5 Å². The number of aromatic nitrogens is 4. The van der Waals surface area contributed by atoms with Crippen LogP contribution < -0.4 is 0 Å². The summed E-state index contributed by atoms with van der Waals surface area (Å²) in [6.45, 7) is 0. The Bertz CT molecular complexity index is 2770. The first-order valence-electron chi connectivity index (χ1n) is 18.1. The van der Waals surface area contributed by atoms with E-state index in [1.807, 2.05) is 0 Å². The van der Waals surface area contributed by atoms with Crippen molar-refractivity contribution in [3.05, 3.63) is 114 Å². The molecule has 8 rings (SSSR count). The maximum atomic E-state index is 16.2. The van der Waals surface area contributed by atoms with Crippen molar-refractivity contribution in [3.63, 3.8) is 0 Å². The highest BCUT2D eigenvalue weighted by atomic mass is 35.5. The third-order valence-electron chi connectivity index (χ3n) is 10.0. The van der Waals surface area contributed by atoms with Crippen LogP contribution in [0.5, 0.6) is 0 Å². The highest BCUT2D eigenvalue weighted by Crippen LogP contribution is 2.46. The van der Waals surface area contributed by atoms with E-state index in [0.29, 0.717) is 110 Å². The highest BCUT2D eigenvalue weighted by molar-refractivity contribution is 7.88. The number of nitrogens with zero attached hydrogens (tertiary/aromatic N) is 4. The average molecular weight is 959 g/mol. The van der Waals surface area contributed by atoms with Gasteiger partial charge in [0.05, 0.1) is 42.6 Å². The van der Waals surface area contributed by atoms with Crippen molar-refractivity contribution in [2.45, 2.75) is 66.2 Å². The maximum Gasteiger partial charge on any atom is 0.304 e. The molecule has 20 heteroatoms. The minimum atomic E-state index is -4.50. The van der Waals surface area contributed by atoms with Crippen molar-refractivity contribution in [3.8, 4) is 32.5 Å². The minimum Gasteiger partial charge on any atom is -0.281 e. The third-order valence-corrected chi connectivity index (χ3v) is 16.1.